The molecule has 0 radical (unpaired) electrons. The number of hydrogen-bond donors (Lipinski definition) is 1. The lowest BCUT2D eigenvalue weighted by Gasteiger charge is -2.23. The van der Waals surface area contributed by atoms with Gasteiger partial charge in [0.15, 0.2) is 0 Å². The van der Waals surface area contributed by atoms with Crippen LogP contribution < -0.4 is 5.32 Å². The molecule has 0 saturated carbocycles. The third-order valence-corrected chi connectivity index (χ3v) is 1.94. The summed E-state index contributed by atoms with van der Waals surface area (Å²) in [6, 6.07) is 0. The van der Waals surface area contributed by atoms with E-state index in [0.717, 1.165) is 5.56 Å². The minimum absolute atomic E-state index is 0.116. The Morgan fingerprint density at radius 2 is 2.38 bits per heavy atom. The highest BCUT2D eigenvalue weighted by atomic mass is 16.5. The molecule has 2 rings (SSSR count). The van der Waals surface area contributed by atoms with Crippen LogP contribution in [0, 0.1) is 5.21 Å². The third kappa shape index (κ3) is 1.41. The predicted octanol–water partition coefficient (Wildman–Crippen LogP) is -0.328. The largest absolute Gasteiger partial charge is 0.785 e. The Labute approximate surface area is 74.7 Å². The lowest BCUT2D eigenvalue weighted by atomic mass is 10.3. The van der Waals surface area contributed by atoms with Crippen LogP contribution in [0.3, 0.4) is 0 Å². The van der Waals surface area contributed by atoms with Crippen LogP contribution in [0.15, 0.2) is 6.20 Å². The number of anilines is 1. The maximum Gasteiger partial charge on any atom is 0.238 e. The Morgan fingerprint density at radius 1 is 1.62 bits per heavy atom. The van der Waals surface area contributed by atoms with E-state index in [1.807, 2.05) is 0 Å². The highest BCUT2D eigenvalue weighted by Crippen LogP contribution is 2.18. The van der Waals surface area contributed by atoms with Crippen molar-refractivity contribution in [2.75, 3.05) is 11.9 Å². The summed E-state index contributed by atoms with van der Waals surface area (Å²) in [5, 5.41) is 18.4. The summed E-state index contributed by atoms with van der Waals surface area (Å²) < 4.78 is 1.55. The Bertz CT molecular complexity index is 346. The molecule has 1 aromatic rings. The fraction of sp³-hybridized carbons (Fsp3) is 0.429. The molecule has 0 aliphatic carbocycles. The molecule has 6 heteroatoms. The van der Waals surface area contributed by atoms with E-state index in [9.17, 15) is 10.0 Å². The van der Waals surface area contributed by atoms with E-state index in [0.29, 0.717) is 10.9 Å². The third-order valence-electron chi connectivity index (χ3n) is 1.94. The molecule has 70 valence electrons. The van der Waals surface area contributed by atoms with Gasteiger partial charge in [-0.15, -0.1) is 0 Å². The van der Waals surface area contributed by atoms with Gasteiger partial charge in [0, 0.05) is 19.2 Å². The maximum atomic E-state index is 11.1. The number of nitrogens with zero attached hydrogens (tertiary/aromatic N) is 3. The number of nitrogens with one attached hydrogen (secondary N) is 1. The van der Waals surface area contributed by atoms with Gasteiger partial charge < -0.3 is 15.6 Å². The van der Waals surface area contributed by atoms with Crippen molar-refractivity contribution in [3.8, 4) is 0 Å². The summed E-state index contributed by atoms with van der Waals surface area (Å²) in [6.45, 7) is 0.0938. The molecule has 1 N–H and O–H groups in total. The van der Waals surface area contributed by atoms with Gasteiger partial charge in [0.25, 0.3) is 0 Å². The molecule has 6 nitrogen and oxygen atoms in total. The first-order valence-corrected chi connectivity index (χ1v) is 3.89. The van der Waals surface area contributed by atoms with Gasteiger partial charge in [-0.05, 0) is 0 Å². The lowest BCUT2D eigenvalue weighted by molar-refractivity contribution is -0.116. The summed E-state index contributed by atoms with van der Waals surface area (Å²) >= 11 is 0. The van der Waals surface area contributed by atoms with Crippen LogP contribution >= 0.6 is 0 Å². The number of carbonyl (C=O) groups excluding carboxylic acids is 1. The molecule has 0 bridgehead atoms. The van der Waals surface area contributed by atoms with Gasteiger partial charge in [0.2, 0.25) is 5.91 Å². The van der Waals surface area contributed by atoms with Crippen molar-refractivity contribution < 1.29 is 4.79 Å². The average Bonchev–Trinajstić information content (AvgIpc) is 2.32. The molecule has 1 aromatic heterocycles. The van der Waals surface area contributed by atoms with Crippen molar-refractivity contribution in [3.63, 3.8) is 0 Å². The van der Waals surface area contributed by atoms with E-state index in [1.54, 1.807) is 17.9 Å². The van der Waals surface area contributed by atoms with Gasteiger partial charge in [-0.3, -0.25) is 9.48 Å². The fourth-order valence-electron chi connectivity index (χ4n) is 1.34. The van der Waals surface area contributed by atoms with Crippen LogP contribution in [-0.2, 0) is 18.4 Å². The zero-order valence-electron chi connectivity index (χ0n) is 7.15. The second-order valence-electron chi connectivity index (χ2n) is 2.99. The number of amides is 1. The number of aryl methyl sites for hydroxylation is 1. The molecule has 0 spiro atoms. The fourth-order valence-corrected chi connectivity index (χ4v) is 1.34. The van der Waals surface area contributed by atoms with Crippen molar-refractivity contribution in [2.24, 2.45) is 7.05 Å². The molecule has 0 unspecified atom stereocenters. The molecular weight excluding hydrogens is 172 g/mol. The molecular formula is C7H9N4O2-. The van der Waals surface area contributed by atoms with Gasteiger partial charge in [-0.2, -0.15) is 5.10 Å². The molecule has 0 saturated heterocycles. The van der Waals surface area contributed by atoms with Gasteiger partial charge in [0.05, 0.1) is 12.7 Å². The highest BCUT2D eigenvalue weighted by Gasteiger charge is 2.16. The quantitative estimate of drug-likeness (QED) is 0.594. The van der Waals surface area contributed by atoms with E-state index in [-0.39, 0.29) is 19.0 Å². The van der Waals surface area contributed by atoms with Crippen LogP contribution in [0.25, 0.3) is 0 Å². The maximum absolute atomic E-state index is 11.1. The number of fused-ring (bicyclic) bond motifs is 1. The molecule has 0 atom stereocenters. The lowest BCUT2D eigenvalue weighted by Crippen LogP contribution is -2.25. The summed E-state index contributed by atoms with van der Waals surface area (Å²) in [4.78, 5) is 11.1. The monoisotopic (exact) mass is 181 g/mol. The Kier molecular flexibility index (Phi) is 1.78. The first-order chi connectivity index (χ1) is 6.16. The molecule has 2 heterocycles. The van der Waals surface area contributed by atoms with E-state index >= 15 is 0 Å². The summed E-state index contributed by atoms with van der Waals surface area (Å²) in [6.07, 6.45) is 1.59. The van der Waals surface area contributed by atoms with E-state index in [1.165, 1.54) is 0 Å². The smallest absolute Gasteiger partial charge is 0.238 e. The summed E-state index contributed by atoms with van der Waals surface area (Å²) in [5.41, 5.74) is 0.753. The van der Waals surface area contributed by atoms with Gasteiger partial charge in [-0.1, -0.05) is 0 Å². The highest BCUT2D eigenvalue weighted by molar-refractivity contribution is 5.92. The van der Waals surface area contributed by atoms with Gasteiger partial charge >= 0.3 is 0 Å². The van der Waals surface area contributed by atoms with Crippen LogP contribution in [-0.4, -0.2) is 27.3 Å². The second kappa shape index (κ2) is 2.82. The van der Waals surface area contributed by atoms with Crippen LogP contribution in [0.4, 0.5) is 5.82 Å². The summed E-state index contributed by atoms with van der Waals surface area (Å²) in [7, 11) is 1.72. The molecule has 1 amide bonds. The standard InChI is InChI=1S/C7H9N4O2/c1-10-7-5(2-8-10)3-11(13)4-6(12)9-7/h2H,3-4H2,1H3,(H,9,12)/q-1. The SMILES string of the molecule is Cn1ncc2c1NC(=O)CN([O-])C2. The normalized spacial score (nSPS) is 17.8. The van der Waals surface area contributed by atoms with Gasteiger partial charge in [-0.25, -0.2) is 0 Å². The van der Waals surface area contributed by atoms with Crippen LogP contribution in [0.1, 0.15) is 5.56 Å². The van der Waals surface area contributed by atoms with Crippen molar-refractivity contribution in [2.45, 2.75) is 6.54 Å². The van der Waals surface area contributed by atoms with E-state index < -0.39 is 0 Å². The topological polar surface area (TPSA) is 73.2 Å². The number of aromatic nitrogens is 2. The minimum atomic E-state index is -0.294. The molecule has 1 aliphatic heterocycles. The first kappa shape index (κ1) is 8.21. The predicted molar refractivity (Wildman–Crippen MR) is 45.6 cm³/mol. The van der Waals surface area contributed by atoms with Crippen LogP contribution in [0.2, 0.25) is 0 Å². The average molecular weight is 181 g/mol. The van der Waals surface area contributed by atoms with E-state index in [2.05, 4.69) is 10.4 Å². The molecule has 1 aliphatic rings. The molecule has 13 heavy (non-hydrogen) atoms. The van der Waals surface area contributed by atoms with Crippen LogP contribution in [0.5, 0.6) is 0 Å². The number of carbonyl (C=O) groups is 1. The molecule has 0 fully saturated rings. The zero-order valence-corrected chi connectivity index (χ0v) is 7.15. The van der Waals surface area contributed by atoms with Crippen molar-refractivity contribution in [1.29, 1.82) is 0 Å². The number of hydrogen-bond acceptors (Lipinski definition) is 4. The second-order valence-corrected chi connectivity index (χ2v) is 2.99. The first-order valence-electron chi connectivity index (χ1n) is 3.89. The van der Waals surface area contributed by atoms with E-state index in [4.69, 9.17) is 0 Å². The number of rotatable bonds is 0. The van der Waals surface area contributed by atoms with Crippen molar-refractivity contribution >= 4 is 11.7 Å². The Morgan fingerprint density at radius 3 is 3.15 bits per heavy atom. The Balaban J connectivity index is 2.39. The zero-order chi connectivity index (χ0) is 9.42. The number of hydroxylamine groups is 2. The van der Waals surface area contributed by atoms with Crippen molar-refractivity contribution in [1.82, 2.24) is 14.8 Å². The minimum Gasteiger partial charge on any atom is -0.785 e. The Hall–Kier alpha value is -1.40. The molecule has 0 aromatic carbocycles. The van der Waals surface area contributed by atoms with Crippen molar-refractivity contribution in [3.05, 3.63) is 17.0 Å². The summed E-state index contributed by atoms with van der Waals surface area (Å²) in [5.74, 6) is 0.320. The van der Waals surface area contributed by atoms with Gasteiger partial charge in [0.1, 0.15) is 5.82 Å².